The van der Waals surface area contributed by atoms with E-state index in [1.807, 2.05) is 49.4 Å². The summed E-state index contributed by atoms with van der Waals surface area (Å²) >= 11 is 6.03. The van der Waals surface area contributed by atoms with Crippen LogP contribution in [0.3, 0.4) is 0 Å². The van der Waals surface area contributed by atoms with E-state index in [2.05, 4.69) is 10.3 Å². The Morgan fingerprint density at radius 2 is 2.00 bits per heavy atom. The number of pyridine rings is 1. The average Bonchev–Trinajstić information content (AvgIpc) is 2.54. The van der Waals surface area contributed by atoms with Gasteiger partial charge in [-0.1, -0.05) is 35.9 Å². The number of rotatable bonds is 4. The van der Waals surface area contributed by atoms with E-state index in [-0.39, 0.29) is 11.1 Å². The minimum atomic E-state index is -0.237. The lowest BCUT2D eigenvalue weighted by atomic mass is 10.1. The lowest BCUT2D eigenvalue weighted by Crippen LogP contribution is -2.13. The molecule has 1 amide bonds. The Morgan fingerprint density at radius 3 is 2.83 bits per heavy atom. The first-order valence-corrected chi connectivity index (χ1v) is 7.64. The molecule has 3 rings (SSSR count). The van der Waals surface area contributed by atoms with Crippen LogP contribution >= 0.6 is 11.6 Å². The summed E-state index contributed by atoms with van der Waals surface area (Å²) < 4.78 is 5.44. The second-order valence-electron chi connectivity index (χ2n) is 4.92. The zero-order valence-corrected chi connectivity index (χ0v) is 13.3. The largest absolute Gasteiger partial charge is 0.494 e. The molecule has 0 aliphatic carbocycles. The van der Waals surface area contributed by atoms with Gasteiger partial charge in [0.2, 0.25) is 0 Å². The van der Waals surface area contributed by atoms with Gasteiger partial charge in [-0.25, -0.2) is 4.98 Å². The van der Waals surface area contributed by atoms with Crippen LogP contribution in [0, 0.1) is 0 Å². The summed E-state index contributed by atoms with van der Waals surface area (Å²) in [4.78, 5) is 16.8. The van der Waals surface area contributed by atoms with Gasteiger partial charge in [0.25, 0.3) is 5.91 Å². The topological polar surface area (TPSA) is 51.2 Å². The second-order valence-corrected chi connectivity index (χ2v) is 5.31. The molecule has 3 aromatic rings. The van der Waals surface area contributed by atoms with Gasteiger partial charge in [0, 0.05) is 17.1 Å². The predicted octanol–water partition coefficient (Wildman–Crippen LogP) is 4.54. The molecule has 0 saturated heterocycles. The Morgan fingerprint density at radius 1 is 1.17 bits per heavy atom. The smallest absolute Gasteiger partial charge is 0.256 e. The van der Waals surface area contributed by atoms with E-state index in [0.29, 0.717) is 29.1 Å². The molecule has 1 aromatic heterocycles. The molecule has 1 N–H and O–H groups in total. The Labute approximate surface area is 139 Å². The number of hydrogen-bond acceptors (Lipinski definition) is 3. The van der Waals surface area contributed by atoms with Crippen LogP contribution in [0.2, 0.25) is 5.15 Å². The monoisotopic (exact) mass is 326 g/mol. The zero-order chi connectivity index (χ0) is 16.2. The fourth-order valence-electron chi connectivity index (χ4n) is 2.36. The molecule has 5 heteroatoms. The van der Waals surface area contributed by atoms with E-state index in [0.717, 1.165) is 5.39 Å². The van der Waals surface area contributed by atoms with Gasteiger partial charge in [-0.15, -0.1) is 0 Å². The van der Waals surface area contributed by atoms with E-state index >= 15 is 0 Å². The highest BCUT2D eigenvalue weighted by Gasteiger charge is 2.13. The highest BCUT2D eigenvalue weighted by atomic mass is 35.5. The number of para-hydroxylation sites is 1. The average molecular weight is 327 g/mol. The number of fused-ring (bicyclic) bond motifs is 1. The highest BCUT2D eigenvalue weighted by molar-refractivity contribution is 6.30. The summed E-state index contributed by atoms with van der Waals surface area (Å²) in [5.41, 5.74) is 1.84. The number of ether oxygens (including phenoxy) is 1. The van der Waals surface area contributed by atoms with E-state index in [1.165, 1.54) is 0 Å². The Kier molecular flexibility index (Phi) is 4.44. The molecular weight excluding hydrogens is 312 g/mol. The van der Waals surface area contributed by atoms with Crippen LogP contribution in [-0.2, 0) is 0 Å². The molecule has 0 aliphatic heterocycles. The maximum Gasteiger partial charge on any atom is 0.256 e. The van der Waals surface area contributed by atoms with E-state index < -0.39 is 0 Å². The van der Waals surface area contributed by atoms with Gasteiger partial charge in [-0.05, 0) is 31.2 Å². The van der Waals surface area contributed by atoms with E-state index in [1.54, 1.807) is 12.1 Å². The number of carbonyl (C=O) groups excluding carboxylic acids is 1. The van der Waals surface area contributed by atoms with Crippen molar-refractivity contribution in [1.82, 2.24) is 4.98 Å². The normalized spacial score (nSPS) is 10.5. The van der Waals surface area contributed by atoms with Gasteiger partial charge >= 0.3 is 0 Å². The Bertz CT molecular complexity index is 865. The van der Waals surface area contributed by atoms with Crippen LogP contribution in [0.25, 0.3) is 10.9 Å². The molecule has 0 spiro atoms. The van der Waals surface area contributed by atoms with Gasteiger partial charge in [-0.2, -0.15) is 0 Å². The first kappa shape index (κ1) is 15.3. The number of carbonyl (C=O) groups is 1. The van der Waals surface area contributed by atoms with Crippen molar-refractivity contribution in [3.63, 3.8) is 0 Å². The molecule has 23 heavy (non-hydrogen) atoms. The van der Waals surface area contributed by atoms with Gasteiger partial charge in [0.1, 0.15) is 10.9 Å². The second kappa shape index (κ2) is 6.67. The van der Waals surface area contributed by atoms with Crippen molar-refractivity contribution in [3.8, 4) is 5.75 Å². The lowest BCUT2D eigenvalue weighted by Gasteiger charge is -2.10. The summed E-state index contributed by atoms with van der Waals surface area (Å²) in [7, 11) is 0. The van der Waals surface area contributed by atoms with Crippen molar-refractivity contribution in [1.29, 1.82) is 0 Å². The number of hydrogen-bond donors (Lipinski definition) is 1. The molecule has 116 valence electrons. The minimum absolute atomic E-state index is 0.237. The van der Waals surface area contributed by atoms with Crippen molar-refractivity contribution in [2.75, 3.05) is 11.9 Å². The summed E-state index contributed by atoms with van der Waals surface area (Å²) in [5, 5.41) is 3.92. The summed E-state index contributed by atoms with van der Waals surface area (Å²) in [5.74, 6) is 0.474. The van der Waals surface area contributed by atoms with Crippen molar-refractivity contribution in [3.05, 3.63) is 65.3 Å². The third-order valence-corrected chi connectivity index (χ3v) is 3.53. The molecule has 0 saturated carbocycles. The molecule has 0 atom stereocenters. The molecule has 0 bridgehead atoms. The number of benzene rings is 2. The maximum absolute atomic E-state index is 12.6. The van der Waals surface area contributed by atoms with Gasteiger partial charge < -0.3 is 10.1 Å². The van der Waals surface area contributed by atoms with Crippen molar-refractivity contribution >= 4 is 34.1 Å². The molecule has 1 heterocycles. The van der Waals surface area contributed by atoms with Crippen molar-refractivity contribution < 1.29 is 9.53 Å². The molecule has 0 fully saturated rings. The molecule has 4 nitrogen and oxygen atoms in total. The number of nitrogens with one attached hydrogen (secondary N) is 1. The quantitative estimate of drug-likeness (QED) is 0.716. The maximum atomic E-state index is 12.6. The van der Waals surface area contributed by atoms with Crippen molar-refractivity contribution in [2.24, 2.45) is 0 Å². The predicted molar refractivity (Wildman–Crippen MR) is 92.3 cm³/mol. The number of anilines is 1. The van der Waals surface area contributed by atoms with Crippen LogP contribution in [-0.4, -0.2) is 17.5 Å². The lowest BCUT2D eigenvalue weighted by molar-refractivity contribution is 0.102. The molecular formula is C18H15ClN2O2. The first-order chi connectivity index (χ1) is 11.2. The summed E-state index contributed by atoms with van der Waals surface area (Å²) in [6.07, 6.45) is 0. The number of nitrogens with zero attached hydrogens (tertiary/aromatic N) is 1. The molecule has 0 unspecified atom stereocenters. The van der Waals surface area contributed by atoms with Crippen LogP contribution < -0.4 is 10.1 Å². The van der Waals surface area contributed by atoms with Crippen LogP contribution in [0.1, 0.15) is 17.3 Å². The van der Waals surface area contributed by atoms with Crippen molar-refractivity contribution in [2.45, 2.75) is 6.92 Å². The number of halogens is 1. The van der Waals surface area contributed by atoms with Crippen LogP contribution in [0.4, 0.5) is 5.69 Å². The number of aromatic nitrogens is 1. The highest BCUT2D eigenvalue weighted by Crippen LogP contribution is 2.23. The Hall–Kier alpha value is -2.59. The fraction of sp³-hybridized carbons (Fsp3) is 0.111. The fourth-order valence-corrected chi connectivity index (χ4v) is 2.56. The third-order valence-electron chi connectivity index (χ3n) is 3.33. The number of amides is 1. The summed E-state index contributed by atoms with van der Waals surface area (Å²) in [6, 6.07) is 16.3. The van der Waals surface area contributed by atoms with Gasteiger partial charge in [-0.3, -0.25) is 4.79 Å². The first-order valence-electron chi connectivity index (χ1n) is 7.27. The van der Waals surface area contributed by atoms with Crippen LogP contribution in [0.15, 0.2) is 54.6 Å². The van der Waals surface area contributed by atoms with E-state index in [9.17, 15) is 4.79 Å². The van der Waals surface area contributed by atoms with Crippen LogP contribution in [0.5, 0.6) is 5.75 Å². The van der Waals surface area contributed by atoms with Gasteiger partial charge in [0.05, 0.1) is 17.7 Å². The third kappa shape index (κ3) is 3.43. The minimum Gasteiger partial charge on any atom is -0.494 e. The molecule has 0 aliphatic rings. The van der Waals surface area contributed by atoms with E-state index in [4.69, 9.17) is 16.3 Å². The SMILES string of the molecule is CCOc1cccc(NC(=O)c2cc(Cl)nc3ccccc23)c1. The molecule has 0 radical (unpaired) electrons. The van der Waals surface area contributed by atoms with Gasteiger partial charge in [0.15, 0.2) is 0 Å². The molecule has 2 aromatic carbocycles. The Balaban J connectivity index is 1.93. The standard InChI is InChI=1S/C18H15ClN2O2/c1-2-23-13-7-5-6-12(10-13)20-18(22)15-11-17(19)21-16-9-4-3-8-14(15)16/h3-11H,2H2,1H3,(H,20,22). The zero-order valence-electron chi connectivity index (χ0n) is 12.5. The summed E-state index contributed by atoms with van der Waals surface area (Å²) in [6.45, 7) is 2.48.